The molecule has 3 N–H and O–H groups in total. The minimum atomic E-state index is -0.947. The Morgan fingerprint density at radius 1 is 1.10 bits per heavy atom. The molecular weight excluding hydrogens is 374 g/mol. The molecule has 2 heterocycles. The number of aromatic nitrogens is 2. The number of carbonyl (C=O) groups excluding carboxylic acids is 2. The Morgan fingerprint density at radius 2 is 1.79 bits per heavy atom. The maximum absolute atomic E-state index is 12.9. The van der Waals surface area contributed by atoms with Crippen LogP contribution in [-0.2, 0) is 9.59 Å². The normalized spacial score (nSPS) is 11.1. The van der Waals surface area contributed by atoms with Gasteiger partial charge in [0.1, 0.15) is 5.82 Å². The summed E-state index contributed by atoms with van der Waals surface area (Å²) in [5, 5.41) is 17.7. The van der Waals surface area contributed by atoms with Crippen molar-refractivity contribution in [2.24, 2.45) is 5.10 Å². The number of rotatable bonds is 4. The van der Waals surface area contributed by atoms with E-state index in [-0.39, 0.29) is 17.4 Å². The smallest absolute Gasteiger partial charge is 0.329 e. The van der Waals surface area contributed by atoms with E-state index in [9.17, 15) is 19.5 Å². The number of aromatic hydroxyl groups is 1. The van der Waals surface area contributed by atoms with Gasteiger partial charge in [0, 0.05) is 23.0 Å². The molecule has 0 spiro atoms. The molecule has 0 aliphatic rings. The van der Waals surface area contributed by atoms with Gasteiger partial charge in [0.15, 0.2) is 0 Å². The molecule has 0 fully saturated rings. The lowest BCUT2D eigenvalue weighted by Gasteiger charge is -2.12. The van der Waals surface area contributed by atoms with Crippen molar-refractivity contribution in [1.82, 2.24) is 20.3 Å². The molecule has 1 aromatic carbocycles. The van der Waals surface area contributed by atoms with Gasteiger partial charge in [-0.2, -0.15) is 5.10 Å². The Balaban J connectivity index is 2.05. The van der Waals surface area contributed by atoms with Crippen molar-refractivity contribution < 1.29 is 14.7 Å². The third-order valence-electron chi connectivity index (χ3n) is 3.97. The summed E-state index contributed by atoms with van der Waals surface area (Å²) in [6.07, 6.45) is 2.68. The van der Waals surface area contributed by atoms with E-state index < -0.39 is 23.3 Å². The zero-order valence-corrected chi connectivity index (χ0v) is 15.8. The van der Waals surface area contributed by atoms with Crippen LogP contribution in [0.4, 0.5) is 0 Å². The molecule has 0 saturated carbocycles. The predicted octanol–water partition coefficient (Wildman–Crippen LogP) is 1.07. The number of amides is 2. The number of nitrogens with one attached hydrogen (secondary N) is 2. The molecule has 0 aliphatic heterocycles. The minimum absolute atomic E-state index is 0.190. The molecule has 148 valence electrons. The summed E-state index contributed by atoms with van der Waals surface area (Å²) in [7, 11) is 0. The van der Waals surface area contributed by atoms with Crippen molar-refractivity contribution in [1.29, 1.82) is 0 Å². The molecule has 0 radical (unpaired) electrons. The van der Waals surface area contributed by atoms with E-state index in [1.807, 2.05) is 0 Å². The van der Waals surface area contributed by atoms with Crippen LogP contribution in [0, 0.1) is 0 Å². The quantitative estimate of drug-likeness (QED) is 0.347. The summed E-state index contributed by atoms with van der Waals surface area (Å²) in [6, 6.07) is 11.4. The number of benzene rings is 1. The zero-order chi connectivity index (χ0) is 21.0. The van der Waals surface area contributed by atoms with Crippen molar-refractivity contribution >= 4 is 28.8 Å². The predicted molar refractivity (Wildman–Crippen MR) is 108 cm³/mol. The van der Waals surface area contributed by atoms with E-state index in [0.717, 1.165) is 4.57 Å². The van der Waals surface area contributed by atoms with Gasteiger partial charge in [-0.3, -0.25) is 14.4 Å². The first kappa shape index (κ1) is 19.7. The van der Waals surface area contributed by atoms with Crippen molar-refractivity contribution in [3.05, 3.63) is 64.6 Å². The Hall–Kier alpha value is -4.01. The summed E-state index contributed by atoms with van der Waals surface area (Å²) in [5.41, 5.74) is 1.85. The van der Waals surface area contributed by atoms with E-state index in [1.54, 1.807) is 56.3 Å². The average molecular weight is 393 g/mol. The highest BCUT2D eigenvalue weighted by atomic mass is 16.3. The van der Waals surface area contributed by atoms with Crippen molar-refractivity contribution in [3.63, 3.8) is 0 Å². The summed E-state index contributed by atoms with van der Waals surface area (Å²) in [6.45, 7) is 3.44. The second-order valence-electron chi connectivity index (χ2n) is 6.44. The topological polar surface area (TPSA) is 126 Å². The number of nitrogens with zero attached hydrogens (tertiary/aromatic N) is 3. The lowest BCUT2D eigenvalue weighted by Crippen LogP contribution is -2.41. The number of pyridine rings is 2. The molecule has 0 saturated heterocycles. The highest BCUT2D eigenvalue weighted by molar-refractivity contribution is 6.35. The summed E-state index contributed by atoms with van der Waals surface area (Å²) in [4.78, 5) is 40.4. The number of carbonyl (C=O) groups is 2. The lowest BCUT2D eigenvalue weighted by atomic mass is 10.1. The third-order valence-corrected chi connectivity index (χ3v) is 3.97. The lowest BCUT2D eigenvalue weighted by molar-refractivity contribution is -0.139. The van der Waals surface area contributed by atoms with Crippen LogP contribution in [-0.4, -0.2) is 38.7 Å². The van der Waals surface area contributed by atoms with Gasteiger partial charge < -0.3 is 10.4 Å². The fraction of sp³-hybridized carbons (Fsp3) is 0.150. The standard InChI is InChI=1S/C20H19N5O4/c1-12(2)23-17(26)18(27)24-22-11-15-13-7-3-4-8-14(13)19(28)25(20(15)29)16-9-5-6-10-21-16/h3-12,29H,1-2H3,(H,23,26)(H,24,27)/b22-11+. The first-order chi connectivity index (χ1) is 13.9. The van der Waals surface area contributed by atoms with Gasteiger partial charge >= 0.3 is 11.8 Å². The highest BCUT2D eigenvalue weighted by Gasteiger charge is 2.17. The van der Waals surface area contributed by atoms with Gasteiger partial charge in [0.05, 0.1) is 11.8 Å². The van der Waals surface area contributed by atoms with Gasteiger partial charge in [0.25, 0.3) is 5.56 Å². The molecule has 9 heteroatoms. The fourth-order valence-corrected chi connectivity index (χ4v) is 2.72. The maximum atomic E-state index is 12.9. The largest absolute Gasteiger partial charge is 0.494 e. The van der Waals surface area contributed by atoms with Crippen LogP contribution in [0.2, 0.25) is 0 Å². The van der Waals surface area contributed by atoms with Crippen molar-refractivity contribution in [2.75, 3.05) is 0 Å². The van der Waals surface area contributed by atoms with Crippen LogP contribution in [0.5, 0.6) is 5.88 Å². The van der Waals surface area contributed by atoms with Gasteiger partial charge in [-0.05, 0) is 32.0 Å². The van der Waals surface area contributed by atoms with Crippen LogP contribution in [0.25, 0.3) is 16.6 Å². The van der Waals surface area contributed by atoms with E-state index in [1.165, 1.54) is 12.4 Å². The molecule has 2 aromatic heterocycles. The van der Waals surface area contributed by atoms with Crippen LogP contribution in [0.3, 0.4) is 0 Å². The monoisotopic (exact) mass is 393 g/mol. The Labute approximate surface area is 165 Å². The third kappa shape index (κ3) is 4.13. The van der Waals surface area contributed by atoms with Crippen LogP contribution in [0.1, 0.15) is 19.4 Å². The van der Waals surface area contributed by atoms with Gasteiger partial charge in [-0.1, -0.05) is 24.3 Å². The van der Waals surface area contributed by atoms with Gasteiger partial charge in [-0.25, -0.2) is 15.0 Å². The molecule has 9 nitrogen and oxygen atoms in total. The molecule has 2 amide bonds. The molecule has 0 unspecified atom stereocenters. The van der Waals surface area contributed by atoms with E-state index >= 15 is 0 Å². The van der Waals surface area contributed by atoms with E-state index in [4.69, 9.17) is 0 Å². The first-order valence-electron chi connectivity index (χ1n) is 8.82. The highest BCUT2D eigenvalue weighted by Crippen LogP contribution is 2.24. The van der Waals surface area contributed by atoms with Crippen LogP contribution >= 0.6 is 0 Å². The van der Waals surface area contributed by atoms with E-state index in [0.29, 0.717) is 10.8 Å². The Bertz CT molecular complexity index is 1150. The Kier molecular flexibility index (Phi) is 5.68. The van der Waals surface area contributed by atoms with Crippen molar-refractivity contribution in [3.8, 4) is 11.7 Å². The molecule has 3 aromatic rings. The summed E-state index contributed by atoms with van der Waals surface area (Å²) < 4.78 is 1.05. The summed E-state index contributed by atoms with van der Waals surface area (Å²) >= 11 is 0. The molecule has 0 atom stereocenters. The molecule has 0 aliphatic carbocycles. The molecule has 3 rings (SSSR count). The van der Waals surface area contributed by atoms with Gasteiger partial charge in [-0.15, -0.1) is 0 Å². The number of hydrogen-bond donors (Lipinski definition) is 3. The summed E-state index contributed by atoms with van der Waals surface area (Å²) in [5.74, 6) is -1.94. The number of fused-ring (bicyclic) bond motifs is 1. The van der Waals surface area contributed by atoms with Crippen LogP contribution in [0.15, 0.2) is 58.6 Å². The van der Waals surface area contributed by atoms with E-state index in [2.05, 4.69) is 20.8 Å². The number of hydrogen-bond acceptors (Lipinski definition) is 6. The second-order valence-corrected chi connectivity index (χ2v) is 6.44. The SMILES string of the molecule is CC(C)NC(=O)C(=O)N/N=C/c1c(O)n(-c2ccccn2)c(=O)c2ccccc12. The maximum Gasteiger partial charge on any atom is 0.329 e. The molecule has 0 bridgehead atoms. The van der Waals surface area contributed by atoms with Gasteiger partial charge in [0.2, 0.25) is 5.88 Å². The average Bonchev–Trinajstić information content (AvgIpc) is 2.70. The van der Waals surface area contributed by atoms with Crippen molar-refractivity contribution in [2.45, 2.75) is 19.9 Å². The Morgan fingerprint density at radius 3 is 2.45 bits per heavy atom. The number of hydrazone groups is 1. The molecule has 29 heavy (non-hydrogen) atoms. The first-order valence-corrected chi connectivity index (χ1v) is 8.82. The zero-order valence-electron chi connectivity index (χ0n) is 15.8. The van der Waals surface area contributed by atoms with Crippen LogP contribution < -0.4 is 16.3 Å². The molecular formula is C20H19N5O4. The second kappa shape index (κ2) is 8.34. The minimum Gasteiger partial charge on any atom is -0.494 e. The fourth-order valence-electron chi connectivity index (χ4n) is 2.72.